The van der Waals surface area contributed by atoms with Gasteiger partial charge in [0, 0.05) is 19.9 Å². The third-order valence-electron chi connectivity index (χ3n) is 3.35. The van der Waals surface area contributed by atoms with Crippen molar-refractivity contribution < 1.29 is 13.2 Å². The minimum atomic E-state index is -3.70. The number of rotatable bonds is 4. The number of hydrazine groups is 1. The standard InChI is InChI=1S/C11H18N4O3S/c1-8-10(5-7-18-8)15(2)19(16,17)11-9(14-12)4-3-6-13-11/h3-4,6,8,10,14H,5,7,12H2,1-2H3. The summed E-state index contributed by atoms with van der Waals surface area (Å²) in [5.41, 5.74) is 2.64. The lowest BCUT2D eigenvalue weighted by atomic mass is 10.2. The maximum atomic E-state index is 12.6. The van der Waals surface area contributed by atoms with E-state index in [1.165, 1.54) is 10.5 Å². The molecule has 0 radical (unpaired) electrons. The summed E-state index contributed by atoms with van der Waals surface area (Å²) in [6.45, 7) is 2.43. The molecule has 0 bridgehead atoms. The molecule has 1 aliphatic rings. The van der Waals surface area contributed by atoms with Crippen LogP contribution >= 0.6 is 0 Å². The van der Waals surface area contributed by atoms with Crippen molar-refractivity contribution in [3.63, 3.8) is 0 Å². The molecule has 1 aromatic rings. The van der Waals surface area contributed by atoms with Gasteiger partial charge in [0.25, 0.3) is 10.0 Å². The quantitative estimate of drug-likeness (QED) is 0.604. The Balaban J connectivity index is 2.36. The van der Waals surface area contributed by atoms with E-state index in [9.17, 15) is 8.42 Å². The third-order valence-corrected chi connectivity index (χ3v) is 5.20. The molecule has 2 rings (SSSR count). The Kier molecular flexibility index (Phi) is 4.04. The highest BCUT2D eigenvalue weighted by molar-refractivity contribution is 7.89. The van der Waals surface area contributed by atoms with E-state index < -0.39 is 10.0 Å². The number of nitrogens with zero attached hydrogens (tertiary/aromatic N) is 2. The van der Waals surface area contributed by atoms with Gasteiger partial charge in [-0.3, -0.25) is 5.84 Å². The van der Waals surface area contributed by atoms with E-state index in [0.29, 0.717) is 13.0 Å². The normalized spacial score (nSPS) is 23.8. The van der Waals surface area contributed by atoms with Gasteiger partial charge in [-0.05, 0) is 25.5 Å². The van der Waals surface area contributed by atoms with E-state index in [2.05, 4.69) is 10.4 Å². The maximum Gasteiger partial charge on any atom is 0.262 e. The van der Waals surface area contributed by atoms with E-state index in [1.54, 1.807) is 19.2 Å². The van der Waals surface area contributed by atoms with E-state index >= 15 is 0 Å². The number of hydrogen-bond acceptors (Lipinski definition) is 6. The predicted octanol–water partition coefficient (Wildman–Crippen LogP) is 0.165. The van der Waals surface area contributed by atoms with Gasteiger partial charge in [-0.1, -0.05) is 0 Å². The molecule has 0 aliphatic carbocycles. The molecule has 106 valence electrons. The van der Waals surface area contributed by atoms with Crippen molar-refractivity contribution in [3.05, 3.63) is 18.3 Å². The molecule has 7 nitrogen and oxygen atoms in total. The molecule has 2 heterocycles. The molecule has 3 N–H and O–H groups in total. The number of nitrogens with one attached hydrogen (secondary N) is 1. The van der Waals surface area contributed by atoms with E-state index in [4.69, 9.17) is 10.6 Å². The lowest BCUT2D eigenvalue weighted by molar-refractivity contribution is 0.102. The Morgan fingerprint density at radius 2 is 2.32 bits per heavy atom. The predicted molar refractivity (Wildman–Crippen MR) is 70.8 cm³/mol. The Morgan fingerprint density at radius 1 is 1.58 bits per heavy atom. The first kappa shape index (κ1) is 14.2. The van der Waals surface area contributed by atoms with Gasteiger partial charge in [0.05, 0.1) is 17.8 Å². The lowest BCUT2D eigenvalue weighted by Crippen LogP contribution is -2.41. The van der Waals surface area contributed by atoms with Gasteiger partial charge in [-0.2, -0.15) is 4.31 Å². The summed E-state index contributed by atoms with van der Waals surface area (Å²) < 4.78 is 31.8. The van der Waals surface area contributed by atoms with Crippen LogP contribution in [0, 0.1) is 0 Å². The van der Waals surface area contributed by atoms with Crippen LogP contribution in [0.25, 0.3) is 0 Å². The monoisotopic (exact) mass is 286 g/mol. The number of ether oxygens (including phenoxy) is 1. The lowest BCUT2D eigenvalue weighted by Gasteiger charge is -2.26. The fourth-order valence-electron chi connectivity index (χ4n) is 2.22. The van der Waals surface area contributed by atoms with Crippen molar-refractivity contribution >= 4 is 15.7 Å². The Hall–Kier alpha value is -1.22. The zero-order valence-electron chi connectivity index (χ0n) is 10.9. The van der Waals surface area contributed by atoms with Gasteiger partial charge < -0.3 is 10.2 Å². The van der Waals surface area contributed by atoms with Crippen LogP contribution in [0.15, 0.2) is 23.4 Å². The largest absolute Gasteiger partial charge is 0.377 e. The summed E-state index contributed by atoms with van der Waals surface area (Å²) in [5, 5.41) is -0.0703. The van der Waals surface area contributed by atoms with Crippen LogP contribution in [-0.2, 0) is 14.8 Å². The molecule has 1 saturated heterocycles. The van der Waals surface area contributed by atoms with Gasteiger partial charge in [0.2, 0.25) is 0 Å². The molecule has 8 heteroatoms. The number of sulfonamides is 1. The summed E-state index contributed by atoms with van der Waals surface area (Å²) in [5.74, 6) is 5.33. The molecule has 0 aromatic carbocycles. The van der Waals surface area contributed by atoms with Crippen LogP contribution in [0.2, 0.25) is 0 Å². The molecule has 0 spiro atoms. The van der Waals surface area contributed by atoms with Crippen LogP contribution in [0.5, 0.6) is 0 Å². The van der Waals surface area contributed by atoms with Crippen molar-refractivity contribution in [2.24, 2.45) is 5.84 Å². The fourth-order valence-corrected chi connectivity index (χ4v) is 3.72. The van der Waals surface area contributed by atoms with Gasteiger partial charge in [-0.15, -0.1) is 0 Å². The van der Waals surface area contributed by atoms with Crippen LogP contribution in [0.3, 0.4) is 0 Å². The fraction of sp³-hybridized carbons (Fsp3) is 0.545. The summed E-state index contributed by atoms with van der Waals surface area (Å²) in [4.78, 5) is 3.93. The Labute approximate surface area is 112 Å². The van der Waals surface area contributed by atoms with Crippen LogP contribution in [0.4, 0.5) is 5.69 Å². The molecule has 2 unspecified atom stereocenters. The first-order valence-electron chi connectivity index (χ1n) is 5.99. The summed E-state index contributed by atoms with van der Waals surface area (Å²) in [6.07, 6.45) is 1.98. The SMILES string of the molecule is CC1OCCC1N(C)S(=O)(=O)c1ncccc1NN. The molecule has 1 aromatic heterocycles. The second kappa shape index (κ2) is 5.41. The minimum absolute atomic E-state index is 0.0703. The smallest absolute Gasteiger partial charge is 0.262 e. The van der Waals surface area contributed by atoms with Gasteiger partial charge >= 0.3 is 0 Å². The Bertz CT molecular complexity index is 549. The zero-order chi connectivity index (χ0) is 14.0. The second-order valence-electron chi connectivity index (χ2n) is 4.45. The molecular formula is C11H18N4O3S. The van der Waals surface area contributed by atoms with Gasteiger partial charge in [0.1, 0.15) is 0 Å². The number of anilines is 1. The van der Waals surface area contributed by atoms with Crippen molar-refractivity contribution in [1.29, 1.82) is 0 Å². The van der Waals surface area contributed by atoms with Crippen LogP contribution in [-0.4, -0.2) is 43.5 Å². The number of nitrogens with two attached hydrogens (primary N) is 1. The topological polar surface area (TPSA) is 97.5 Å². The number of aromatic nitrogens is 1. The summed E-state index contributed by atoms with van der Waals surface area (Å²) >= 11 is 0. The molecule has 0 saturated carbocycles. The van der Waals surface area contributed by atoms with E-state index in [-0.39, 0.29) is 22.9 Å². The van der Waals surface area contributed by atoms with Crippen molar-refractivity contribution in [2.75, 3.05) is 19.1 Å². The van der Waals surface area contributed by atoms with Crippen LogP contribution < -0.4 is 11.3 Å². The maximum absolute atomic E-state index is 12.6. The van der Waals surface area contributed by atoms with E-state index in [0.717, 1.165) is 0 Å². The van der Waals surface area contributed by atoms with Gasteiger partial charge in [0.15, 0.2) is 5.03 Å². The number of nitrogen functional groups attached to an aromatic ring is 1. The van der Waals surface area contributed by atoms with Crippen molar-refractivity contribution in [3.8, 4) is 0 Å². The minimum Gasteiger partial charge on any atom is -0.377 e. The third kappa shape index (κ3) is 2.57. The highest BCUT2D eigenvalue weighted by Gasteiger charge is 2.36. The number of pyridine rings is 1. The average Bonchev–Trinajstić information content (AvgIpc) is 2.83. The molecule has 2 atom stereocenters. The average molecular weight is 286 g/mol. The van der Waals surface area contributed by atoms with Crippen LogP contribution in [0.1, 0.15) is 13.3 Å². The van der Waals surface area contributed by atoms with Crippen molar-refractivity contribution in [1.82, 2.24) is 9.29 Å². The van der Waals surface area contributed by atoms with E-state index in [1.807, 2.05) is 6.92 Å². The molecule has 0 amide bonds. The first-order valence-corrected chi connectivity index (χ1v) is 7.43. The second-order valence-corrected chi connectivity index (χ2v) is 6.37. The first-order chi connectivity index (χ1) is 8.98. The Morgan fingerprint density at radius 3 is 2.89 bits per heavy atom. The number of likely N-dealkylation sites (N-methyl/N-ethyl adjacent to an activating group) is 1. The molecular weight excluding hydrogens is 268 g/mol. The van der Waals surface area contributed by atoms with Gasteiger partial charge in [-0.25, -0.2) is 13.4 Å². The summed E-state index contributed by atoms with van der Waals surface area (Å²) in [7, 11) is -2.16. The van der Waals surface area contributed by atoms with Crippen molar-refractivity contribution in [2.45, 2.75) is 30.5 Å². The molecule has 19 heavy (non-hydrogen) atoms. The molecule has 1 fully saturated rings. The molecule has 1 aliphatic heterocycles. The number of hydrogen-bond donors (Lipinski definition) is 2. The summed E-state index contributed by atoms with van der Waals surface area (Å²) in [6, 6.07) is 3.01. The zero-order valence-corrected chi connectivity index (χ0v) is 11.7. The highest BCUT2D eigenvalue weighted by Crippen LogP contribution is 2.26. The highest BCUT2D eigenvalue weighted by atomic mass is 32.2.